The van der Waals surface area contributed by atoms with Crippen LogP contribution in [-0.4, -0.2) is 37.6 Å². The number of ether oxygens (including phenoxy) is 2. The number of nitrogens with one attached hydrogen (secondary N) is 2. The van der Waals surface area contributed by atoms with E-state index in [2.05, 4.69) is 10.6 Å². The lowest BCUT2D eigenvalue weighted by Gasteiger charge is -2.17. The van der Waals surface area contributed by atoms with E-state index in [1.54, 1.807) is 0 Å². The van der Waals surface area contributed by atoms with Crippen LogP contribution < -0.4 is 10.6 Å². The molecule has 0 bridgehead atoms. The Morgan fingerprint density at radius 2 is 2.20 bits per heavy atom. The quantitative estimate of drug-likeness (QED) is 0.732. The highest BCUT2D eigenvalue weighted by Gasteiger charge is 2.32. The van der Waals surface area contributed by atoms with E-state index in [9.17, 15) is 4.79 Å². The van der Waals surface area contributed by atoms with Crippen LogP contribution in [0.5, 0.6) is 0 Å². The van der Waals surface area contributed by atoms with Crippen molar-refractivity contribution in [1.82, 2.24) is 10.6 Å². The molecule has 0 aromatic carbocycles. The highest BCUT2D eigenvalue weighted by atomic mass is 16.7. The molecule has 1 heterocycles. The molecule has 0 saturated carbocycles. The minimum atomic E-state index is -0.522. The molecule has 1 fully saturated rings. The number of hydrogen-bond donors (Lipinski definition) is 2. The summed E-state index contributed by atoms with van der Waals surface area (Å²) < 4.78 is 10.9. The second kappa shape index (κ2) is 5.32. The van der Waals surface area contributed by atoms with Crippen LogP contribution in [0.4, 0.5) is 4.79 Å². The summed E-state index contributed by atoms with van der Waals surface area (Å²) in [5.41, 5.74) is 0. The average Bonchev–Trinajstić information content (AvgIpc) is 2.52. The Balaban J connectivity index is 2.13. The third-order valence-corrected chi connectivity index (χ3v) is 2.09. The summed E-state index contributed by atoms with van der Waals surface area (Å²) in [5.74, 6) is -0.522. The highest BCUT2D eigenvalue weighted by Crippen LogP contribution is 2.21. The lowest BCUT2D eigenvalue weighted by molar-refractivity contribution is -0.137. The molecular weight excluding hydrogens is 196 g/mol. The number of rotatable bonds is 4. The van der Waals surface area contributed by atoms with Gasteiger partial charge in [-0.2, -0.15) is 0 Å². The number of amides is 2. The zero-order chi connectivity index (χ0) is 11.3. The summed E-state index contributed by atoms with van der Waals surface area (Å²) >= 11 is 0. The number of urea groups is 1. The van der Waals surface area contributed by atoms with Gasteiger partial charge in [0, 0.05) is 13.1 Å². The maximum Gasteiger partial charge on any atom is 0.314 e. The fraction of sp³-hybridized carbons (Fsp3) is 0.900. The molecule has 0 radical (unpaired) electrons. The molecule has 5 heteroatoms. The van der Waals surface area contributed by atoms with E-state index in [4.69, 9.17) is 9.47 Å². The monoisotopic (exact) mass is 216 g/mol. The average molecular weight is 216 g/mol. The summed E-state index contributed by atoms with van der Waals surface area (Å²) in [6, 6.07) is -0.148. The van der Waals surface area contributed by atoms with Crippen molar-refractivity contribution in [3.8, 4) is 0 Å². The molecule has 88 valence electrons. The molecule has 1 rings (SSSR count). The lowest BCUT2D eigenvalue weighted by atomic mass is 10.4. The number of hydrogen-bond acceptors (Lipinski definition) is 3. The van der Waals surface area contributed by atoms with Crippen molar-refractivity contribution in [3.63, 3.8) is 0 Å². The standard InChI is InChI=1S/C10H20N2O3/c1-4-5-11-9(13)12-6-8-7-14-10(2,3)15-8/h8H,4-7H2,1-3H3,(H2,11,12,13). The first-order chi connectivity index (χ1) is 7.03. The van der Waals surface area contributed by atoms with Crippen LogP contribution in [0.15, 0.2) is 0 Å². The second-order valence-electron chi connectivity index (χ2n) is 4.09. The molecule has 1 atom stereocenters. The zero-order valence-corrected chi connectivity index (χ0v) is 9.63. The summed E-state index contributed by atoms with van der Waals surface area (Å²) in [6.07, 6.45) is 0.885. The summed E-state index contributed by atoms with van der Waals surface area (Å²) in [6.45, 7) is 7.45. The first-order valence-corrected chi connectivity index (χ1v) is 5.37. The van der Waals surface area contributed by atoms with Crippen molar-refractivity contribution < 1.29 is 14.3 Å². The van der Waals surface area contributed by atoms with Crippen molar-refractivity contribution in [1.29, 1.82) is 0 Å². The maximum absolute atomic E-state index is 11.2. The molecule has 0 aliphatic carbocycles. The van der Waals surface area contributed by atoms with Crippen molar-refractivity contribution in [2.75, 3.05) is 19.7 Å². The lowest BCUT2D eigenvalue weighted by Crippen LogP contribution is -2.41. The minimum Gasteiger partial charge on any atom is -0.348 e. The van der Waals surface area contributed by atoms with Gasteiger partial charge in [0.2, 0.25) is 0 Å². The Hall–Kier alpha value is -0.810. The molecule has 2 N–H and O–H groups in total. The van der Waals surface area contributed by atoms with Gasteiger partial charge in [0.15, 0.2) is 5.79 Å². The van der Waals surface area contributed by atoms with E-state index in [-0.39, 0.29) is 12.1 Å². The molecule has 0 aromatic heterocycles. The van der Waals surface area contributed by atoms with Gasteiger partial charge in [-0.05, 0) is 20.3 Å². The Kier molecular flexibility index (Phi) is 4.35. The normalized spacial score (nSPS) is 23.8. The van der Waals surface area contributed by atoms with Crippen molar-refractivity contribution in [2.24, 2.45) is 0 Å². The van der Waals surface area contributed by atoms with E-state index >= 15 is 0 Å². The van der Waals surface area contributed by atoms with E-state index in [0.717, 1.165) is 6.42 Å². The Morgan fingerprint density at radius 1 is 1.47 bits per heavy atom. The van der Waals surface area contributed by atoms with E-state index in [0.29, 0.717) is 19.7 Å². The van der Waals surface area contributed by atoms with Gasteiger partial charge in [0.25, 0.3) is 0 Å². The fourth-order valence-electron chi connectivity index (χ4n) is 1.37. The molecule has 1 aliphatic rings. The van der Waals surface area contributed by atoms with Gasteiger partial charge >= 0.3 is 6.03 Å². The van der Waals surface area contributed by atoms with Crippen LogP contribution in [0.3, 0.4) is 0 Å². The number of carbonyl (C=O) groups excluding carboxylic acids is 1. The Morgan fingerprint density at radius 3 is 2.73 bits per heavy atom. The van der Waals surface area contributed by atoms with Gasteiger partial charge in [0.05, 0.1) is 6.61 Å². The van der Waals surface area contributed by atoms with Crippen LogP contribution in [0, 0.1) is 0 Å². The van der Waals surface area contributed by atoms with Gasteiger partial charge in [-0.3, -0.25) is 0 Å². The zero-order valence-electron chi connectivity index (χ0n) is 9.63. The minimum absolute atomic E-state index is 0.0487. The third-order valence-electron chi connectivity index (χ3n) is 2.09. The molecule has 2 amide bonds. The topological polar surface area (TPSA) is 59.6 Å². The van der Waals surface area contributed by atoms with Crippen molar-refractivity contribution in [3.05, 3.63) is 0 Å². The second-order valence-corrected chi connectivity index (χ2v) is 4.09. The SMILES string of the molecule is CCCNC(=O)NCC1COC(C)(C)O1. The van der Waals surface area contributed by atoms with Crippen LogP contribution in [0.1, 0.15) is 27.2 Å². The molecule has 0 spiro atoms. The predicted molar refractivity (Wildman–Crippen MR) is 56.6 cm³/mol. The van der Waals surface area contributed by atoms with Crippen LogP contribution in [-0.2, 0) is 9.47 Å². The van der Waals surface area contributed by atoms with Gasteiger partial charge in [-0.1, -0.05) is 6.92 Å². The van der Waals surface area contributed by atoms with Crippen LogP contribution in [0.2, 0.25) is 0 Å². The molecule has 1 saturated heterocycles. The predicted octanol–water partition coefficient (Wildman–Crippen LogP) is 0.847. The summed E-state index contributed by atoms with van der Waals surface area (Å²) in [5, 5.41) is 5.47. The van der Waals surface area contributed by atoms with E-state index < -0.39 is 5.79 Å². The molecule has 0 aromatic rings. The molecule has 15 heavy (non-hydrogen) atoms. The first-order valence-electron chi connectivity index (χ1n) is 5.37. The highest BCUT2D eigenvalue weighted by molar-refractivity contribution is 5.73. The molecule has 5 nitrogen and oxygen atoms in total. The smallest absolute Gasteiger partial charge is 0.314 e. The Bertz CT molecular complexity index is 219. The Labute approximate surface area is 90.5 Å². The van der Waals surface area contributed by atoms with Gasteiger partial charge in [0.1, 0.15) is 6.10 Å². The molecular formula is C10H20N2O3. The van der Waals surface area contributed by atoms with Gasteiger partial charge in [-0.25, -0.2) is 4.79 Å². The van der Waals surface area contributed by atoms with Gasteiger partial charge in [-0.15, -0.1) is 0 Å². The molecule has 1 aliphatic heterocycles. The number of carbonyl (C=O) groups is 1. The molecule has 1 unspecified atom stereocenters. The van der Waals surface area contributed by atoms with Crippen LogP contribution >= 0.6 is 0 Å². The van der Waals surface area contributed by atoms with Crippen LogP contribution in [0.25, 0.3) is 0 Å². The van der Waals surface area contributed by atoms with E-state index in [1.807, 2.05) is 20.8 Å². The largest absolute Gasteiger partial charge is 0.348 e. The summed E-state index contributed by atoms with van der Waals surface area (Å²) in [4.78, 5) is 11.2. The fourth-order valence-corrected chi connectivity index (χ4v) is 1.37. The first kappa shape index (κ1) is 12.3. The maximum atomic E-state index is 11.2. The third kappa shape index (κ3) is 4.48. The summed E-state index contributed by atoms with van der Waals surface area (Å²) in [7, 11) is 0. The van der Waals surface area contributed by atoms with Crippen molar-refractivity contribution in [2.45, 2.75) is 39.1 Å². The van der Waals surface area contributed by atoms with Gasteiger partial charge < -0.3 is 20.1 Å². The van der Waals surface area contributed by atoms with E-state index in [1.165, 1.54) is 0 Å². The van der Waals surface area contributed by atoms with Crippen molar-refractivity contribution >= 4 is 6.03 Å².